The molecule has 26 heavy (non-hydrogen) atoms. The summed E-state index contributed by atoms with van der Waals surface area (Å²) in [6.45, 7) is 7.96. The number of nitrogen functional groups attached to an aromatic ring is 1. The normalized spacial score (nSPS) is 15.8. The van der Waals surface area contributed by atoms with Gasteiger partial charge in [0.05, 0.1) is 5.69 Å². The van der Waals surface area contributed by atoms with Gasteiger partial charge in [-0.15, -0.1) is 0 Å². The first-order valence-corrected chi connectivity index (χ1v) is 9.16. The zero-order chi connectivity index (χ0) is 18.5. The van der Waals surface area contributed by atoms with Crippen LogP contribution in [-0.2, 0) is 17.8 Å². The van der Waals surface area contributed by atoms with Crippen molar-refractivity contribution in [3.63, 3.8) is 0 Å². The predicted molar refractivity (Wildman–Crippen MR) is 99.4 cm³/mol. The molecule has 0 atom stereocenters. The summed E-state index contributed by atoms with van der Waals surface area (Å²) in [7, 11) is 0. The van der Waals surface area contributed by atoms with Crippen molar-refractivity contribution in [3.8, 4) is 0 Å². The van der Waals surface area contributed by atoms with Crippen LogP contribution in [0.5, 0.6) is 0 Å². The average Bonchev–Trinajstić information content (AvgIpc) is 2.82. The standard InChI is InChI=1S/C19H27N5O2/c1-14-17(15(2)26-22-14)6-7-18(25)24-10-4-9-23(11-12-24)13-16-5-3-8-21-19(16)20/h3,5,8H,4,6-7,9-13H2,1-2H3,(H2,20,21). The molecule has 3 rings (SSSR count). The van der Waals surface area contributed by atoms with Crippen molar-refractivity contribution in [2.45, 2.75) is 39.7 Å². The second kappa shape index (κ2) is 8.31. The number of amides is 1. The maximum Gasteiger partial charge on any atom is 0.222 e. The van der Waals surface area contributed by atoms with Crippen molar-refractivity contribution in [1.82, 2.24) is 19.9 Å². The topological polar surface area (TPSA) is 88.5 Å². The molecule has 1 fully saturated rings. The minimum atomic E-state index is 0.202. The van der Waals surface area contributed by atoms with Gasteiger partial charge in [-0.25, -0.2) is 4.98 Å². The lowest BCUT2D eigenvalue weighted by atomic mass is 10.1. The van der Waals surface area contributed by atoms with E-state index < -0.39 is 0 Å². The molecule has 1 amide bonds. The van der Waals surface area contributed by atoms with Crippen LogP contribution in [0, 0.1) is 13.8 Å². The first kappa shape index (κ1) is 18.4. The Balaban J connectivity index is 1.51. The first-order chi connectivity index (χ1) is 12.5. The van der Waals surface area contributed by atoms with Gasteiger partial charge in [-0.1, -0.05) is 11.2 Å². The molecule has 2 aromatic rings. The van der Waals surface area contributed by atoms with Gasteiger partial charge in [-0.3, -0.25) is 9.69 Å². The monoisotopic (exact) mass is 357 g/mol. The lowest BCUT2D eigenvalue weighted by molar-refractivity contribution is -0.131. The van der Waals surface area contributed by atoms with Crippen LogP contribution in [-0.4, -0.2) is 52.0 Å². The second-order valence-corrected chi connectivity index (χ2v) is 6.86. The Labute approximate surface area is 154 Å². The summed E-state index contributed by atoms with van der Waals surface area (Å²) in [5.41, 5.74) is 8.93. The average molecular weight is 357 g/mol. The van der Waals surface area contributed by atoms with Crippen LogP contribution in [0.3, 0.4) is 0 Å². The van der Waals surface area contributed by atoms with Crippen molar-refractivity contribution >= 4 is 11.7 Å². The van der Waals surface area contributed by atoms with Crippen molar-refractivity contribution in [3.05, 3.63) is 40.9 Å². The lowest BCUT2D eigenvalue weighted by Gasteiger charge is -2.22. The van der Waals surface area contributed by atoms with Crippen molar-refractivity contribution in [2.24, 2.45) is 0 Å². The lowest BCUT2D eigenvalue weighted by Crippen LogP contribution is -2.35. The van der Waals surface area contributed by atoms with Gasteiger partial charge >= 0.3 is 0 Å². The fraction of sp³-hybridized carbons (Fsp3) is 0.526. The van der Waals surface area contributed by atoms with Gasteiger partial charge in [0.15, 0.2) is 0 Å². The van der Waals surface area contributed by atoms with Crippen molar-refractivity contribution in [2.75, 3.05) is 31.9 Å². The highest BCUT2D eigenvalue weighted by Gasteiger charge is 2.20. The number of nitrogens with zero attached hydrogens (tertiary/aromatic N) is 4. The minimum absolute atomic E-state index is 0.202. The van der Waals surface area contributed by atoms with Gasteiger partial charge in [-0.05, 0) is 32.8 Å². The van der Waals surface area contributed by atoms with Gasteiger partial charge in [-0.2, -0.15) is 0 Å². The van der Waals surface area contributed by atoms with Crippen LogP contribution in [0.4, 0.5) is 5.82 Å². The molecule has 1 aliphatic rings. The molecular weight excluding hydrogens is 330 g/mol. The van der Waals surface area contributed by atoms with Crippen LogP contribution in [0.2, 0.25) is 0 Å². The van der Waals surface area contributed by atoms with Crippen LogP contribution >= 0.6 is 0 Å². The molecule has 0 bridgehead atoms. The maximum atomic E-state index is 12.6. The van der Waals surface area contributed by atoms with Gasteiger partial charge in [0.2, 0.25) is 5.91 Å². The van der Waals surface area contributed by atoms with E-state index in [4.69, 9.17) is 10.3 Å². The molecule has 0 spiro atoms. The second-order valence-electron chi connectivity index (χ2n) is 6.86. The summed E-state index contributed by atoms with van der Waals surface area (Å²) in [5.74, 6) is 1.60. The highest BCUT2D eigenvalue weighted by Crippen LogP contribution is 2.16. The van der Waals surface area contributed by atoms with E-state index in [-0.39, 0.29) is 5.91 Å². The fourth-order valence-electron chi connectivity index (χ4n) is 3.45. The number of rotatable bonds is 5. The summed E-state index contributed by atoms with van der Waals surface area (Å²) in [4.78, 5) is 21.1. The van der Waals surface area contributed by atoms with E-state index in [0.717, 1.165) is 61.7 Å². The zero-order valence-electron chi connectivity index (χ0n) is 15.6. The number of carbonyl (C=O) groups excluding carboxylic acids is 1. The van der Waals surface area contributed by atoms with E-state index in [1.54, 1.807) is 6.20 Å². The summed E-state index contributed by atoms with van der Waals surface area (Å²) in [5, 5.41) is 3.96. The van der Waals surface area contributed by atoms with Crippen LogP contribution < -0.4 is 5.73 Å². The minimum Gasteiger partial charge on any atom is -0.383 e. The van der Waals surface area contributed by atoms with E-state index in [1.165, 1.54) is 0 Å². The highest BCUT2D eigenvalue weighted by molar-refractivity contribution is 5.76. The fourth-order valence-corrected chi connectivity index (χ4v) is 3.45. The van der Waals surface area contributed by atoms with E-state index in [9.17, 15) is 4.79 Å². The zero-order valence-corrected chi connectivity index (χ0v) is 15.6. The maximum absolute atomic E-state index is 12.6. The molecule has 0 radical (unpaired) electrons. The Bertz CT molecular complexity index is 739. The Morgan fingerprint density at radius 3 is 2.85 bits per heavy atom. The van der Waals surface area contributed by atoms with Crippen molar-refractivity contribution in [1.29, 1.82) is 0 Å². The van der Waals surface area contributed by atoms with E-state index >= 15 is 0 Å². The van der Waals surface area contributed by atoms with Crippen LogP contribution in [0.15, 0.2) is 22.9 Å². The number of pyridine rings is 1. The number of nitrogens with two attached hydrogens (primary N) is 1. The molecule has 0 saturated carbocycles. The van der Waals surface area contributed by atoms with Gasteiger partial charge in [0, 0.05) is 56.5 Å². The SMILES string of the molecule is Cc1noc(C)c1CCC(=O)N1CCCN(Cc2cccnc2N)CC1. The molecule has 1 aliphatic heterocycles. The summed E-state index contributed by atoms with van der Waals surface area (Å²) >= 11 is 0. The van der Waals surface area contributed by atoms with Gasteiger partial charge in [0.25, 0.3) is 0 Å². The molecule has 1 saturated heterocycles. The highest BCUT2D eigenvalue weighted by atomic mass is 16.5. The summed E-state index contributed by atoms with van der Waals surface area (Å²) in [6, 6.07) is 3.92. The Hall–Kier alpha value is -2.41. The molecule has 140 valence electrons. The largest absolute Gasteiger partial charge is 0.383 e. The molecule has 2 aromatic heterocycles. The first-order valence-electron chi connectivity index (χ1n) is 9.16. The Morgan fingerprint density at radius 2 is 2.12 bits per heavy atom. The third kappa shape index (κ3) is 4.40. The molecule has 7 heteroatoms. The molecule has 0 unspecified atom stereocenters. The quantitative estimate of drug-likeness (QED) is 0.880. The molecule has 7 nitrogen and oxygen atoms in total. The van der Waals surface area contributed by atoms with E-state index in [1.807, 2.05) is 30.9 Å². The number of anilines is 1. The molecule has 2 N–H and O–H groups in total. The molecule has 0 aliphatic carbocycles. The molecular formula is C19H27N5O2. The van der Waals surface area contributed by atoms with Crippen LogP contribution in [0.1, 0.15) is 35.4 Å². The van der Waals surface area contributed by atoms with E-state index in [0.29, 0.717) is 18.7 Å². The van der Waals surface area contributed by atoms with Crippen molar-refractivity contribution < 1.29 is 9.32 Å². The summed E-state index contributed by atoms with van der Waals surface area (Å²) < 4.78 is 5.18. The summed E-state index contributed by atoms with van der Waals surface area (Å²) in [6.07, 6.45) is 3.86. The smallest absolute Gasteiger partial charge is 0.222 e. The number of hydrogen-bond acceptors (Lipinski definition) is 6. The molecule has 3 heterocycles. The Morgan fingerprint density at radius 1 is 1.27 bits per heavy atom. The number of carbonyl (C=O) groups is 1. The Kier molecular flexibility index (Phi) is 5.88. The third-order valence-corrected chi connectivity index (χ3v) is 5.03. The van der Waals surface area contributed by atoms with E-state index in [2.05, 4.69) is 15.0 Å². The van der Waals surface area contributed by atoms with Crippen LogP contribution in [0.25, 0.3) is 0 Å². The van der Waals surface area contributed by atoms with Gasteiger partial charge in [0.1, 0.15) is 11.6 Å². The number of aryl methyl sites for hydroxylation is 2. The number of aromatic nitrogens is 2. The molecule has 0 aromatic carbocycles. The number of hydrogen-bond donors (Lipinski definition) is 1. The van der Waals surface area contributed by atoms with Gasteiger partial charge < -0.3 is 15.2 Å². The third-order valence-electron chi connectivity index (χ3n) is 5.03. The predicted octanol–water partition coefficient (Wildman–Crippen LogP) is 1.94.